The lowest BCUT2D eigenvalue weighted by atomic mass is 10.2. The Kier molecular flexibility index (Phi) is 2.17. The van der Waals surface area contributed by atoms with Crippen LogP contribution >= 0.6 is 0 Å². The van der Waals surface area contributed by atoms with Gasteiger partial charge >= 0.3 is 0 Å². The van der Waals surface area contributed by atoms with E-state index in [9.17, 15) is 9.59 Å². The van der Waals surface area contributed by atoms with Gasteiger partial charge in [-0.1, -0.05) is 0 Å². The Morgan fingerprint density at radius 2 is 1.58 bits per heavy atom. The molecular formula is C8H10O4. The molecule has 12 heavy (non-hydrogen) atoms. The summed E-state index contributed by atoms with van der Waals surface area (Å²) in [6.45, 7) is 3.55. The second kappa shape index (κ2) is 2.97. The Bertz CT molecular complexity index is 344. The largest absolute Gasteiger partial charge is 0.489 e. The molecule has 1 rings (SSSR count). The monoisotopic (exact) mass is 170 g/mol. The van der Waals surface area contributed by atoms with Crippen molar-refractivity contribution in [1.29, 1.82) is 0 Å². The fourth-order valence-electron chi connectivity index (χ4n) is 0.878. The van der Waals surface area contributed by atoms with Gasteiger partial charge in [0.05, 0.1) is 13.2 Å². The van der Waals surface area contributed by atoms with Crippen LogP contribution in [0.4, 0.5) is 0 Å². The fourth-order valence-corrected chi connectivity index (χ4v) is 0.878. The minimum Gasteiger partial charge on any atom is -0.489 e. The standard InChI is InChI=1S/C8H10O4/c1-4(2)12-8-6(10)5(9)7(8)11-3/h4H,1-3H3. The number of hydrogen-bond donors (Lipinski definition) is 0. The summed E-state index contributed by atoms with van der Waals surface area (Å²) in [5.74, 6) is 0.0891. The third-order valence-electron chi connectivity index (χ3n) is 1.38. The van der Waals surface area contributed by atoms with Gasteiger partial charge in [0.2, 0.25) is 11.5 Å². The van der Waals surface area contributed by atoms with Crippen LogP contribution in [0.2, 0.25) is 0 Å². The first-order valence-electron chi connectivity index (χ1n) is 3.62. The highest BCUT2D eigenvalue weighted by molar-refractivity contribution is 5.45. The van der Waals surface area contributed by atoms with Gasteiger partial charge in [-0.3, -0.25) is 9.59 Å². The maximum absolute atomic E-state index is 10.9. The third kappa shape index (κ3) is 1.20. The predicted molar refractivity (Wildman–Crippen MR) is 43.7 cm³/mol. The Labute approximate surface area is 69.4 Å². The highest BCUT2D eigenvalue weighted by atomic mass is 16.5. The summed E-state index contributed by atoms with van der Waals surface area (Å²) in [5.41, 5.74) is -1.20. The lowest BCUT2D eigenvalue weighted by molar-refractivity contribution is 0.222. The molecular weight excluding hydrogens is 160 g/mol. The highest BCUT2D eigenvalue weighted by Crippen LogP contribution is 2.20. The molecule has 0 aromatic heterocycles. The van der Waals surface area contributed by atoms with Gasteiger partial charge in [-0.15, -0.1) is 0 Å². The molecule has 0 unspecified atom stereocenters. The van der Waals surface area contributed by atoms with E-state index in [-0.39, 0.29) is 17.6 Å². The van der Waals surface area contributed by atoms with E-state index in [1.165, 1.54) is 7.11 Å². The summed E-state index contributed by atoms with van der Waals surface area (Å²) < 4.78 is 9.72. The van der Waals surface area contributed by atoms with Crippen molar-refractivity contribution in [2.24, 2.45) is 0 Å². The molecule has 0 saturated carbocycles. The molecule has 4 nitrogen and oxygen atoms in total. The van der Waals surface area contributed by atoms with E-state index < -0.39 is 10.9 Å². The molecule has 1 aromatic rings. The first-order valence-corrected chi connectivity index (χ1v) is 3.62. The van der Waals surface area contributed by atoms with Crippen LogP contribution in [-0.4, -0.2) is 13.2 Å². The van der Waals surface area contributed by atoms with E-state index in [0.717, 1.165) is 0 Å². The molecule has 0 aliphatic carbocycles. The molecule has 0 saturated heterocycles. The van der Waals surface area contributed by atoms with Crippen LogP contribution < -0.4 is 20.3 Å². The van der Waals surface area contributed by atoms with Crippen molar-refractivity contribution >= 4 is 0 Å². The Morgan fingerprint density at radius 3 is 2.00 bits per heavy atom. The van der Waals surface area contributed by atoms with Crippen LogP contribution in [0.25, 0.3) is 0 Å². The molecule has 0 aliphatic heterocycles. The molecule has 4 heteroatoms. The first-order chi connectivity index (χ1) is 5.57. The number of rotatable bonds is 3. The van der Waals surface area contributed by atoms with Crippen LogP contribution in [0.3, 0.4) is 0 Å². The summed E-state index contributed by atoms with van der Waals surface area (Å²) in [6.07, 6.45) is -0.123. The predicted octanol–water partition coefficient (Wildman–Crippen LogP) is 0.0784. The van der Waals surface area contributed by atoms with Crippen LogP contribution in [-0.2, 0) is 0 Å². The topological polar surface area (TPSA) is 52.6 Å². The van der Waals surface area contributed by atoms with Gasteiger partial charge in [-0.05, 0) is 13.8 Å². The van der Waals surface area contributed by atoms with Crippen LogP contribution in [0.1, 0.15) is 13.8 Å². The molecule has 0 heterocycles. The lowest BCUT2D eigenvalue weighted by Crippen LogP contribution is -2.34. The van der Waals surface area contributed by atoms with Crippen molar-refractivity contribution < 1.29 is 9.47 Å². The first kappa shape index (κ1) is 8.77. The zero-order valence-corrected chi connectivity index (χ0v) is 7.21. The minimum absolute atomic E-state index is 0.0358. The van der Waals surface area contributed by atoms with Gasteiger partial charge in [-0.2, -0.15) is 0 Å². The fraction of sp³-hybridized carbons (Fsp3) is 0.500. The van der Waals surface area contributed by atoms with Crippen molar-refractivity contribution in [2.45, 2.75) is 20.0 Å². The number of hydrogen-bond acceptors (Lipinski definition) is 4. The SMILES string of the molecule is COc1c(OC(C)C)c(=O)c1=O. The van der Waals surface area contributed by atoms with E-state index >= 15 is 0 Å². The Hall–Kier alpha value is -1.32. The number of methoxy groups -OCH3 is 1. The minimum atomic E-state index is -0.604. The number of ether oxygens (including phenoxy) is 2. The molecule has 0 bridgehead atoms. The van der Waals surface area contributed by atoms with Gasteiger partial charge in [0, 0.05) is 0 Å². The van der Waals surface area contributed by atoms with Crippen LogP contribution in [0.5, 0.6) is 11.5 Å². The molecule has 0 aliphatic rings. The smallest absolute Gasteiger partial charge is 0.275 e. The molecule has 1 aromatic carbocycles. The molecule has 0 radical (unpaired) electrons. The maximum Gasteiger partial charge on any atom is 0.275 e. The van der Waals surface area contributed by atoms with Gasteiger partial charge in [0.25, 0.3) is 10.9 Å². The molecule has 0 spiro atoms. The highest BCUT2D eigenvalue weighted by Gasteiger charge is 2.23. The van der Waals surface area contributed by atoms with Gasteiger partial charge in [0.1, 0.15) is 0 Å². The van der Waals surface area contributed by atoms with Crippen molar-refractivity contribution in [3.05, 3.63) is 20.4 Å². The second-order valence-electron chi connectivity index (χ2n) is 2.69. The van der Waals surface area contributed by atoms with E-state index in [4.69, 9.17) is 4.74 Å². The normalized spacial score (nSPS) is 10.7. The van der Waals surface area contributed by atoms with E-state index in [2.05, 4.69) is 4.74 Å². The summed E-state index contributed by atoms with van der Waals surface area (Å²) in [7, 11) is 1.34. The molecule has 66 valence electrons. The summed E-state index contributed by atoms with van der Waals surface area (Å²) in [4.78, 5) is 21.6. The molecule has 0 fully saturated rings. The van der Waals surface area contributed by atoms with E-state index in [1.807, 2.05) is 0 Å². The summed E-state index contributed by atoms with van der Waals surface area (Å²) in [5, 5.41) is 0. The molecule has 0 N–H and O–H groups in total. The zero-order chi connectivity index (χ0) is 9.30. The van der Waals surface area contributed by atoms with Crippen molar-refractivity contribution in [3.8, 4) is 11.5 Å². The van der Waals surface area contributed by atoms with Gasteiger partial charge in [0.15, 0.2) is 0 Å². The summed E-state index contributed by atoms with van der Waals surface area (Å²) in [6, 6.07) is 0. The van der Waals surface area contributed by atoms with Crippen molar-refractivity contribution in [2.75, 3.05) is 7.11 Å². The Morgan fingerprint density at radius 1 is 1.08 bits per heavy atom. The second-order valence-corrected chi connectivity index (χ2v) is 2.69. The van der Waals surface area contributed by atoms with Gasteiger partial charge in [-0.25, -0.2) is 0 Å². The van der Waals surface area contributed by atoms with Gasteiger partial charge < -0.3 is 9.47 Å². The Balaban J connectivity index is 2.94. The maximum atomic E-state index is 10.9. The van der Waals surface area contributed by atoms with Crippen LogP contribution in [0.15, 0.2) is 9.59 Å². The molecule has 0 atom stereocenters. The molecule has 0 amide bonds. The lowest BCUT2D eigenvalue weighted by Gasteiger charge is -2.13. The zero-order valence-electron chi connectivity index (χ0n) is 7.21. The quantitative estimate of drug-likeness (QED) is 0.603. The summed E-state index contributed by atoms with van der Waals surface area (Å²) >= 11 is 0. The van der Waals surface area contributed by atoms with Crippen molar-refractivity contribution in [3.63, 3.8) is 0 Å². The van der Waals surface area contributed by atoms with Crippen LogP contribution in [0, 0.1) is 0 Å². The van der Waals surface area contributed by atoms with E-state index in [0.29, 0.717) is 0 Å². The van der Waals surface area contributed by atoms with E-state index in [1.54, 1.807) is 13.8 Å². The third-order valence-corrected chi connectivity index (χ3v) is 1.38. The average molecular weight is 170 g/mol. The average Bonchev–Trinajstić information content (AvgIpc) is 2.03. The van der Waals surface area contributed by atoms with Crippen molar-refractivity contribution in [1.82, 2.24) is 0 Å².